The third kappa shape index (κ3) is 4.28. The molecule has 4 aromatic rings. The van der Waals surface area contributed by atoms with E-state index in [2.05, 4.69) is 5.10 Å². The van der Waals surface area contributed by atoms with Gasteiger partial charge in [-0.05, 0) is 43.3 Å². The summed E-state index contributed by atoms with van der Waals surface area (Å²) in [5.41, 5.74) is -0.110. The second-order valence-electron chi connectivity index (χ2n) is 7.10. The molecule has 0 amide bonds. The van der Waals surface area contributed by atoms with Gasteiger partial charge in [0, 0.05) is 6.07 Å². The average Bonchev–Trinajstić information content (AvgIpc) is 3.16. The number of benzene rings is 3. The number of hydrogen-bond acceptors (Lipinski definition) is 7. The Balaban J connectivity index is 1.88. The maximum atomic E-state index is 13.5. The summed E-state index contributed by atoms with van der Waals surface area (Å²) in [6.07, 6.45) is 0. The maximum Gasteiger partial charge on any atom is 0.345 e. The zero-order valence-corrected chi connectivity index (χ0v) is 19.2. The van der Waals surface area contributed by atoms with Gasteiger partial charge in [-0.15, -0.1) is 0 Å². The lowest BCUT2D eigenvalue weighted by Crippen LogP contribution is -2.14. The van der Waals surface area contributed by atoms with Crippen LogP contribution >= 0.6 is 11.6 Å². The fourth-order valence-corrected chi connectivity index (χ4v) is 5.00. The van der Waals surface area contributed by atoms with Crippen molar-refractivity contribution in [2.24, 2.45) is 0 Å². The van der Waals surface area contributed by atoms with Gasteiger partial charge in [-0.3, -0.25) is 10.1 Å². The van der Waals surface area contributed by atoms with Gasteiger partial charge in [0.1, 0.15) is 5.02 Å². The Morgan fingerprint density at radius 2 is 1.65 bits per heavy atom. The molecule has 11 heteroatoms. The zero-order valence-electron chi connectivity index (χ0n) is 17.6. The van der Waals surface area contributed by atoms with Crippen molar-refractivity contribution in [2.45, 2.75) is 16.7 Å². The Kier molecular flexibility index (Phi) is 6.18. The van der Waals surface area contributed by atoms with Crippen LogP contribution in [0.3, 0.4) is 0 Å². The molecule has 0 aliphatic carbocycles. The summed E-state index contributed by atoms with van der Waals surface area (Å²) < 4.78 is 33.7. The van der Waals surface area contributed by atoms with Crippen LogP contribution < -0.4 is 4.74 Å². The van der Waals surface area contributed by atoms with Crippen LogP contribution in [0.25, 0.3) is 5.69 Å². The molecular formula is C23H16ClN3O6S. The summed E-state index contributed by atoms with van der Waals surface area (Å²) in [5, 5.41) is 15.4. The number of hydrogen-bond donors (Lipinski definition) is 0. The molecule has 0 saturated carbocycles. The number of para-hydroxylation sites is 1. The molecule has 0 spiro atoms. The van der Waals surface area contributed by atoms with Gasteiger partial charge in [0.25, 0.3) is 5.69 Å². The van der Waals surface area contributed by atoms with Gasteiger partial charge in [-0.25, -0.2) is 13.2 Å². The Bertz CT molecular complexity index is 1500. The van der Waals surface area contributed by atoms with Crippen molar-refractivity contribution in [2.75, 3.05) is 0 Å². The van der Waals surface area contributed by atoms with Crippen LogP contribution in [0, 0.1) is 17.0 Å². The van der Waals surface area contributed by atoms with Crippen LogP contribution in [-0.4, -0.2) is 29.1 Å². The molecule has 0 aliphatic rings. The highest BCUT2D eigenvalue weighted by atomic mass is 35.5. The number of sulfone groups is 1. The van der Waals surface area contributed by atoms with Gasteiger partial charge >= 0.3 is 5.97 Å². The van der Waals surface area contributed by atoms with E-state index in [4.69, 9.17) is 16.3 Å². The molecule has 0 fully saturated rings. The molecular weight excluding hydrogens is 482 g/mol. The van der Waals surface area contributed by atoms with E-state index in [1.54, 1.807) is 48.5 Å². The van der Waals surface area contributed by atoms with Crippen molar-refractivity contribution in [3.63, 3.8) is 0 Å². The van der Waals surface area contributed by atoms with Crippen LogP contribution in [0.5, 0.6) is 5.88 Å². The normalized spacial score (nSPS) is 11.2. The first-order valence-electron chi connectivity index (χ1n) is 9.81. The highest BCUT2D eigenvalue weighted by Gasteiger charge is 2.32. The SMILES string of the molecule is Cc1nn(-c2ccccc2)c(OC(=O)c2ccc(Cl)c([N+](=O)[O-])c2)c1S(=O)(=O)c1ccccc1. The molecule has 4 rings (SSSR count). The van der Waals surface area contributed by atoms with Crippen molar-refractivity contribution in [1.29, 1.82) is 0 Å². The number of halogens is 1. The fourth-order valence-electron chi connectivity index (χ4n) is 3.28. The molecule has 0 saturated heterocycles. The number of aryl methyl sites for hydroxylation is 1. The van der Waals surface area contributed by atoms with Gasteiger partial charge in [0.15, 0.2) is 4.90 Å². The number of nitro groups is 1. The van der Waals surface area contributed by atoms with Crippen LogP contribution in [0.4, 0.5) is 5.69 Å². The number of ether oxygens (including phenoxy) is 1. The van der Waals surface area contributed by atoms with Crippen molar-refractivity contribution in [1.82, 2.24) is 9.78 Å². The number of esters is 1. The largest absolute Gasteiger partial charge is 0.402 e. The predicted octanol–water partition coefficient (Wildman–Crippen LogP) is 4.79. The highest BCUT2D eigenvalue weighted by molar-refractivity contribution is 7.91. The third-order valence-corrected chi connectivity index (χ3v) is 7.08. The van der Waals surface area contributed by atoms with Crippen molar-refractivity contribution < 1.29 is 22.9 Å². The van der Waals surface area contributed by atoms with Gasteiger partial charge < -0.3 is 4.74 Å². The third-order valence-electron chi connectivity index (χ3n) is 4.86. The van der Waals surface area contributed by atoms with Crippen molar-refractivity contribution >= 4 is 33.1 Å². The molecule has 1 aromatic heterocycles. The minimum Gasteiger partial charge on any atom is -0.402 e. The quantitative estimate of drug-likeness (QED) is 0.213. The van der Waals surface area contributed by atoms with Gasteiger partial charge in [-0.2, -0.15) is 9.78 Å². The van der Waals surface area contributed by atoms with Gasteiger partial charge in [0.05, 0.1) is 26.8 Å². The minimum absolute atomic E-state index is 0.00913. The van der Waals surface area contributed by atoms with E-state index in [-0.39, 0.29) is 32.0 Å². The first kappa shape index (κ1) is 23.1. The molecule has 172 valence electrons. The van der Waals surface area contributed by atoms with Crippen LogP contribution in [-0.2, 0) is 9.84 Å². The average molecular weight is 498 g/mol. The summed E-state index contributed by atoms with van der Waals surface area (Å²) in [5.74, 6) is -1.35. The van der Waals surface area contributed by atoms with E-state index in [0.717, 1.165) is 6.07 Å². The number of carbonyl (C=O) groups is 1. The molecule has 0 atom stereocenters. The van der Waals surface area contributed by atoms with E-state index >= 15 is 0 Å². The standard InChI is InChI=1S/C23H16ClN3O6S/c1-15-21(34(31,32)18-10-6-3-7-11-18)22(26(25-15)17-8-4-2-5-9-17)33-23(28)16-12-13-19(24)20(14-16)27(29)30/h2-14H,1H3. The van der Waals surface area contributed by atoms with Crippen molar-refractivity contribution in [3.8, 4) is 11.6 Å². The van der Waals surface area contributed by atoms with E-state index in [9.17, 15) is 23.3 Å². The first-order valence-corrected chi connectivity index (χ1v) is 11.7. The topological polar surface area (TPSA) is 121 Å². The smallest absolute Gasteiger partial charge is 0.345 e. The molecule has 0 aliphatic heterocycles. The predicted molar refractivity (Wildman–Crippen MR) is 123 cm³/mol. The highest BCUT2D eigenvalue weighted by Crippen LogP contribution is 2.35. The Morgan fingerprint density at radius 1 is 1.03 bits per heavy atom. The lowest BCUT2D eigenvalue weighted by atomic mass is 10.2. The Morgan fingerprint density at radius 3 is 2.26 bits per heavy atom. The van der Waals surface area contributed by atoms with E-state index in [0.29, 0.717) is 5.69 Å². The molecule has 0 radical (unpaired) electrons. The summed E-state index contributed by atoms with van der Waals surface area (Å²) in [4.78, 5) is 23.2. The summed E-state index contributed by atoms with van der Waals surface area (Å²) in [7, 11) is -4.13. The summed E-state index contributed by atoms with van der Waals surface area (Å²) in [6.45, 7) is 1.49. The number of nitro benzene ring substituents is 1. The molecule has 0 bridgehead atoms. The number of carbonyl (C=O) groups excluding carboxylic acids is 1. The lowest BCUT2D eigenvalue weighted by Gasteiger charge is -2.11. The van der Waals surface area contributed by atoms with E-state index < -0.39 is 26.4 Å². The molecule has 0 unspecified atom stereocenters. The number of aromatic nitrogens is 2. The second kappa shape index (κ2) is 9.08. The fraction of sp³-hybridized carbons (Fsp3) is 0.0435. The van der Waals surface area contributed by atoms with Crippen LogP contribution in [0.1, 0.15) is 16.1 Å². The lowest BCUT2D eigenvalue weighted by molar-refractivity contribution is -0.384. The van der Waals surface area contributed by atoms with Crippen LogP contribution in [0.15, 0.2) is 88.7 Å². The Hall–Kier alpha value is -4.02. The zero-order chi connectivity index (χ0) is 24.5. The molecule has 34 heavy (non-hydrogen) atoms. The molecule has 3 aromatic carbocycles. The molecule has 0 N–H and O–H groups in total. The first-order chi connectivity index (χ1) is 16.2. The Labute approximate surface area is 199 Å². The van der Waals surface area contributed by atoms with E-state index in [1.807, 2.05) is 0 Å². The number of rotatable bonds is 6. The summed E-state index contributed by atoms with van der Waals surface area (Å²) in [6, 6.07) is 19.6. The van der Waals surface area contributed by atoms with Crippen LogP contribution in [0.2, 0.25) is 5.02 Å². The molecule has 9 nitrogen and oxygen atoms in total. The van der Waals surface area contributed by atoms with Crippen molar-refractivity contribution in [3.05, 3.63) is 105 Å². The molecule has 1 heterocycles. The minimum atomic E-state index is -4.13. The van der Waals surface area contributed by atoms with E-state index in [1.165, 1.54) is 35.9 Å². The monoisotopic (exact) mass is 497 g/mol. The van der Waals surface area contributed by atoms with Gasteiger partial charge in [0.2, 0.25) is 15.7 Å². The van der Waals surface area contributed by atoms with Gasteiger partial charge in [-0.1, -0.05) is 48.0 Å². The second-order valence-corrected chi connectivity index (χ2v) is 9.39. The summed E-state index contributed by atoms with van der Waals surface area (Å²) >= 11 is 5.83. The maximum absolute atomic E-state index is 13.5. The number of nitrogens with zero attached hydrogens (tertiary/aromatic N) is 3.